The third-order valence-electron chi connectivity index (χ3n) is 13.6. The molecule has 0 aliphatic carbocycles. The largest absolute Gasteiger partial charge is 0.506 e. The zero-order valence-corrected chi connectivity index (χ0v) is 51.5. The SMILES string of the molecule is Cc1ccc(N=Nc2c(C)cc3cc(S(=O)(=O)O)c(N=Nc4ccc(S(=O)(=O)Nc5ccc(O)c(N=Nc6ccc(NS(=O)(=O)c7ccc(N=Nc8c(S(=O)(=O)O)cc9cc(C)c(N=Nc%10ccc(OON)cc%10)c(N)c9c8O)cc7)cc6)c5)cc4)c(O)c3c2N)cc1. The Labute approximate surface area is 528 Å². The fourth-order valence-corrected chi connectivity index (χ4v) is 12.5. The predicted octanol–water partition coefficient (Wildman–Crippen LogP) is 14.6. The molecule has 0 radical (unpaired) electrons. The molecule has 0 saturated heterocycles. The Morgan fingerprint density at radius 2 is 0.763 bits per heavy atom. The number of sulfonamides is 2. The van der Waals surface area contributed by atoms with Crippen LogP contribution in [0, 0.1) is 20.8 Å². The topological polar surface area (TPSA) is 482 Å². The molecule has 0 heterocycles. The highest BCUT2D eigenvalue weighted by molar-refractivity contribution is 7.93. The van der Waals surface area contributed by atoms with Crippen LogP contribution in [0.25, 0.3) is 21.5 Å². The smallest absolute Gasteiger partial charge is 0.296 e. The van der Waals surface area contributed by atoms with E-state index in [9.17, 15) is 58.1 Å². The molecule has 0 bridgehead atoms. The predicted molar refractivity (Wildman–Crippen MR) is 343 cm³/mol. The van der Waals surface area contributed by atoms with Gasteiger partial charge in [0, 0.05) is 5.69 Å². The minimum atomic E-state index is -5.03. The van der Waals surface area contributed by atoms with E-state index < -0.39 is 72.9 Å². The van der Waals surface area contributed by atoms with Crippen molar-refractivity contribution >= 4 is 141 Å². The second-order valence-electron chi connectivity index (χ2n) is 20.2. The van der Waals surface area contributed by atoms with Crippen LogP contribution in [0.15, 0.2) is 235 Å². The molecule has 0 atom stereocenters. The molecule has 0 saturated carbocycles. The van der Waals surface area contributed by atoms with E-state index in [4.69, 9.17) is 22.3 Å². The summed E-state index contributed by atoms with van der Waals surface area (Å²) in [5.41, 5.74) is 14.5. The van der Waals surface area contributed by atoms with E-state index in [2.05, 4.69) is 65.6 Å². The first-order valence-electron chi connectivity index (χ1n) is 26.7. The quantitative estimate of drug-likeness (QED) is 0.00846. The van der Waals surface area contributed by atoms with E-state index in [-0.39, 0.29) is 99.7 Å². The normalized spacial score (nSPS) is 12.6. The lowest BCUT2D eigenvalue weighted by atomic mass is 10.0. The number of nitrogens with zero attached hydrogens (tertiary/aromatic N) is 10. The summed E-state index contributed by atoms with van der Waals surface area (Å²) in [4.78, 5) is 6.76. The van der Waals surface area contributed by atoms with Crippen molar-refractivity contribution in [1.29, 1.82) is 0 Å². The molecular formula is C59H49N15O15S4. The van der Waals surface area contributed by atoms with Gasteiger partial charge in [-0.3, -0.25) is 18.5 Å². The monoisotopic (exact) mass is 1340 g/mol. The Kier molecular flexibility index (Phi) is 18.0. The first kappa shape index (κ1) is 64.7. The molecule has 10 aromatic carbocycles. The van der Waals surface area contributed by atoms with Crippen LogP contribution in [0.2, 0.25) is 0 Å². The molecule has 0 aliphatic heterocycles. The van der Waals surface area contributed by atoms with Crippen molar-refractivity contribution in [2.24, 2.45) is 57.0 Å². The molecule has 34 heteroatoms. The Balaban J connectivity index is 0.791. The minimum Gasteiger partial charge on any atom is -0.506 e. The molecule has 0 amide bonds. The van der Waals surface area contributed by atoms with Gasteiger partial charge in [0.05, 0.1) is 66.1 Å². The highest BCUT2D eigenvalue weighted by atomic mass is 32.2. The van der Waals surface area contributed by atoms with Crippen molar-refractivity contribution < 1.29 is 68.0 Å². The Hall–Kier alpha value is -11.2. The van der Waals surface area contributed by atoms with Crippen molar-refractivity contribution in [2.45, 2.75) is 40.4 Å². The number of nitrogens with two attached hydrogens (primary N) is 3. The van der Waals surface area contributed by atoms with Crippen LogP contribution in [0.4, 0.5) is 79.6 Å². The van der Waals surface area contributed by atoms with Gasteiger partial charge in [-0.25, -0.2) is 16.8 Å². The summed E-state index contributed by atoms with van der Waals surface area (Å²) in [6, 6.07) is 37.0. The van der Waals surface area contributed by atoms with E-state index in [1.54, 1.807) is 26.0 Å². The lowest BCUT2D eigenvalue weighted by molar-refractivity contribution is -0.211. The maximum absolute atomic E-state index is 13.6. The number of fused-ring (bicyclic) bond motifs is 2. The Bertz CT molecular complexity index is 5260. The Morgan fingerprint density at radius 1 is 0.409 bits per heavy atom. The molecule has 13 N–H and O–H groups in total. The zero-order valence-electron chi connectivity index (χ0n) is 48.2. The van der Waals surface area contributed by atoms with Gasteiger partial charge in [-0.2, -0.15) is 48.3 Å². The molecule has 0 unspecified atom stereocenters. The molecule has 0 spiro atoms. The molecule has 0 fully saturated rings. The zero-order chi connectivity index (χ0) is 66.7. The number of aryl methyl sites for hydroxylation is 3. The number of rotatable bonds is 20. The Morgan fingerprint density at radius 3 is 1.17 bits per heavy atom. The van der Waals surface area contributed by atoms with Crippen molar-refractivity contribution in [3.8, 4) is 23.0 Å². The number of hydrogen-bond acceptors (Lipinski definition) is 26. The highest BCUT2D eigenvalue weighted by Crippen LogP contribution is 2.49. The molecule has 0 aromatic heterocycles. The number of azo groups is 5. The fourth-order valence-electron chi connectivity index (χ4n) is 9.07. The third kappa shape index (κ3) is 14.5. The summed E-state index contributed by atoms with van der Waals surface area (Å²) in [5, 5.41) is 74.4. The van der Waals surface area contributed by atoms with Gasteiger partial charge in [0.1, 0.15) is 44.0 Å². The van der Waals surface area contributed by atoms with Crippen molar-refractivity contribution in [1.82, 2.24) is 0 Å². The standard InChI is InChI=1S/C59H49N15O15S4/c1-31-4-6-36(7-5-31)64-69-54-32(2)26-34-28-48(92(82,83)84)56(58(76)50(34)52(54)60)72-67-40-16-23-45(24-17-40)91(80,81)74-42-18-25-47(75)46(30-42)68-63-37-8-10-41(11-9-37)73-90(78,79)44-21-14-39(15-22-44)66-71-57-49(93(85,86)87)29-35-27-33(3)55(53(61)51(35)59(57)77)70-65-38-12-19-43(20-13-38)88-89-62/h4-30,73-77H,60-62H2,1-3H3,(H,82,83,84)(H,85,86,87). The van der Waals surface area contributed by atoms with Gasteiger partial charge in [0.15, 0.2) is 17.2 Å². The second-order valence-corrected chi connectivity index (χ2v) is 26.3. The number of phenolic OH excluding ortho intramolecular Hbond substituents is 3. The van der Waals surface area contributed by atoms with Gasteiger partial charge in [-0.1, -0.05) is 22.7 Å². The van der Waals surface area contributed by atoms with Crippen LogP contribution >= 0.6 is 0 Å². The summed E-state index contributed by atoms with van der Waals surface area (Å²) >= 11 is 0. The van der Waals surface area contributed by atoms with Crippen LogP contribution in [0.3, 0.4) is 0 Å². The fraction of sp³-hybridized carbons (Fsp3) is 0.0508. The van der Waals surface area contributed by atoms with Gasteiger partial charge in [-0.15, -0.1) is 25.6 Å². The van der Waals surface area contributed by atoms with Crippen LogP contribution < -0.4 is 31.7 Å². The molecule has 474 valence electrons. The highest BCUT2D eigenvalue weighted by Gasteiger charge is 2.27. The lowest BCUT2D eigenvalue weighted by Gasteiger charge is -2.13. The summed E-state index contributed by atoms with van der Waals surface area (Å²) in [5.74, 6) is 3.29. The van der Waals surface area contributed by atoms with Crippen LogP contribution in [0.1, 0.15) is 16.7 Å². The van der Waals surface area contributed by atoms with Crippen LogP contribution in [-0.2, 0) is 45.3 Å². The van der Waals surface area contributed by atoms with Crippen molar-refractivity contribution in [3.05, 3.63) is 180 Å². The second kappa shape index (κ2) is 25.9. The van der Waals surface area contributed by atoms with E-state index in [1.807, 2.05) is 19.1 Å². The van der Waals surface area contributed by atoms with Crippen molar-refractivity contribution in [3.63, 3.8) is 0 Å². The molecule has 0 aliphatic rings. The summed E-state index contributed by atoms with van der Waals surface area (Å²) in [6.45, 7) is 5.17. The van der Waals surface area contributed by atoms with E-state index in [0.717, 1.165) is 35.9 Å². The molecular weight excluding hydrogens is 1290 g/mol. The number of aromatic hydroxyl groups is 3. The average molecular weight is 1340 g/mol. The van der Waals surface area contributed by atoms with Crippen LogP contribution in [0.5, 0.6) is 23.0 Å². The maximum Gasteiger partial charge on any atom is 0.296 e. The number of benzene rings is 10. The first-order valence-corrected chi connectivity index (χ1v) is 32.5. The van der Waals surface area contributed by atoms with Gasteiger partial charge in [0.2, 0.25) is 0 Å². The van der Waals surface area contributed by atoms with E-state index >= 15 is 0 Å². The lowest BCUT2D eigenvalue weighted by Crippen LogP contribution is -2.12. The maximum atomic E-state index is 13.6. The average Bonchev–Trinajstić information content (AvgIpc) is 0.759. The number of nitrogens with one attached hydrogen (secondary N) is 2. The number of phenols is 3. The summed E-state index contributed by atoms with van der Waals surface area (Å²) in [7, 11) is -18.7. The van der Waals surface area contributed by atoms with Gasteiger partial charge < -0.3 is 31.7 Å². The molecule has 30 nitrogen and oxygen atoms in total. The van der Waals surface area contributed by atoms with Gasteiger partial charge in [-0.05, 0) is 194 Å². The van der Waals surface area contributed by atoms with Gasteiger partial charge >= 0.3 is 0 Å². The molecule has 10 aromatic rings. The van der Waals surface area contributed by atoms with E-state index in [1.165, 1.54) is 109 Å². The first-order chi connectivity index (χ1) is 44.1. The van der Waals surface area contributed by atoms with Crippen molar-refractivity contribution in [2.75, 3.05) is 20.9 Å². The molecule has 10 rings (SSSR count). The minimum absolute atomic E-state index is 0.00645. The number of anilines is 4. The van der Waals surface area contributed by atoms with Crippen LogP contribution in [-0.4, -0.2) is 58.1 Å². The summed E-state index contributed by atoms with van der Waals surface area (Å²) in [6.07, 6.45) is 0. The van der Waals surface area contributed by atoms with E-state index in [0.29, 0.717) is 22.5 Å². The molecule has 93 heavy (non-hydrogen) atoms. The summed E-state index contributed by atoms with van der Waals surface area (Å²) < 4.78 is 129. The van der Waals surface area contributed by atoms with Gasteiger partial charge in [0.25, 0.3) is 40.3 Å². The number of hydrogen-bond donors (Lipinski definition) is 10. The number of nitrogen functional groups attached to an aromatic ring is 2. The third-order valence-corrected chi connectivity index (χ3v) is 18.2.